The van der Waals surface area contributed by atoms with Gasteiger partial charge in [-0.05, 0) is 105 Å². The summed E-state index contributed by atoms with van der Waals surface area (Å²) in [6.07, 6.45) is 10.1. The van der Waals surface area contributed by atoms with Crippen molar-refractivity contribution in [3.05, 3.63) is 100 Å². The third kappa shape index (κ3) is 10.8. The Balaban J connectivity index is 1.28. The molecular weight excluding hydrogens is 624 g/mol. The average Bonchev–Trinajstić information content (AvgIpc) is 3.07. The van der Waals surface area contributed by atoms with Crippen molar-refractivity contribution >= 4 is 45.7 Å². The molecule has 0 bridgehead atoms. The molecule has 1 unspecified atom stereocenters. The summed E-state index contributed by atoms with van der Waals surface area (Å²) in [6.45, 7) is 1.59. The lowest BCUT2D eigenvalue weighted by Crippen LogP contribution is -2.37. The first kappa shape index (κ1) is 36.5. The fraction of sp³-hybridized carbons (Fsp3) is 0.378. The molecule has 0 aliphatic carbocycles. The third-order valence-corrected chi connectivity index (χ3v) is 8.46. The van der Waals surface area contributed by atoms with Crippen molar-refractivity contribution in [2.45, 2.75) is 63.8 Å². The Labute approximate surface area is 288 Å². The molecule has 10 nitrogen and oxygen atoms in total. The number of aromatic nitrogens is 2. The van der Waals surface area contributed by atoms with Crippen molar-refractivity contribution in [3.8, 4) is 0 Å². The van der Waals surface area contributed by atoms with Crippen molar-refractivity contribution in [3.63, 3.8) is 0 Å². The molecular formula is C37H47ClN8O2. The minimum Gasteiger partial charge on any atom is -0.382 e. The molecule has 7 N–H and O–H groups in total. The number of benzene rings is 3. The average molecular weight is 671 g/mol. The van der Waals surface area contributed by atoms with Crippen LogP contribution in [0.2, 0.25) is 5.15 Å². The number of hydrogen-bond acceptors (Lipinski definition) is 7. The Morgan fingerprint density at radius 2 is 1.52 bits per heavy atom. The zero-order valence-electron chi connectivity index (χ0n) is 27.9. The molecule has 1 atom stereocenters. The fourth-order valence-electron chi connectivity index (χ4n) is 5.68. The van der Waals surface area contributed by atoms with E-state index in [1.54, 1.807) is 0 Å². The number of primary amides is 1. The molecule has 0 radical (unpaired) electrons. The molecule has 4 aromatic rings. The van der Waals surface area contributed by atoms with Gasteiger partial charge in [0.25, 0.3) is 5.91 Å². The Morgan fingerprint density at radius 1 is 0.854 bits per heavy atom. The number of halogens is 1. The molecule has 0 aliphatic heterocycles. The Kier molecular flexibility index (Phi) is 13.9. The maximum absolute atomic E-state index is 13.0. The van der Waals surface area contributed by atoms with Gasteiger partial charge in [0.1, 0.15) is 16.7 Å². The molecule has 254 valence electrons. The summed E-state index contributed by atoms with van der Waals surface area (Å²) in [7, 11) is 4.22. The highest BCUT2D eigenvalue weighted by atomic mass is 35.5. The molecule has 0 spiro atoms. The quantitative estimate of drug-likeness (QED) is 0.0635. The van der Waals surface area contributed by atoms with Crippen LogP contribution in [0.4, 0.5) is 5.69 Å². The largest absolute Gasteiger partial charge is 0.382 e. The van der Waals surface area contributed by atoms with E-state index >= 15 is 0 Å². The van der Waals surface area contributed by atoms with Crippen LogP contribution in [0.1, 0.15) is 71.4 Å². The van der Waals surface area contributed by atoms with Gasteiger partial charge in [-0.3, -0.25) is 14.6 Å². The molecule has 3 aromatic carbocycles. The van der Waals surface area contributed by atoms with Crippen molar-refractivity contribution in [1.82, 2.24) is 14.9 Å². The first-order chi connectivity index (χ1) is 23.1. The van der Waals surface area contributed by atoms with E-state index in [0.717, 1.165) is 54.3 Å². The van der Waals surface area contributed by atoms with Gasteiger partial charge in [0, 0.05) is 12.2 Å². The van der Waals surface area contributed by atoms with Gasteiger partial charge in [-0.15, -0.1) is 0 Å². The van der Waals surface area contributed by atoms with E-state index in [-0.39, 0.29) is 28.3 Å². The first-order valence-electron chi connectivity index (χ1n) is 16.5. The van der Waals surface area contributed by atoms with Gasteiger partial charge in [0.05, 0.1) is 12.2 Å². The van der Waals surface area contributed by atoms with Crippen LogP contribution in [0.25, 0.3) is 10.8 Å². The molecule has 1 heterocycles. The number of aryl methyl sites for hydroxylation is 2. The molecule has 0 fully saturated rings. The van der Waals surface area contributed by atoms with Gasteiger partial charge in [0.15, 0.2) is 5.69 Å². The van der Waals surface area contributed by atoms with Crippen molar-refractivity contribution in [1.29, 1.82) is 0 Å². The number of unbranched alkanes of at least 4 members (excludes halogenated alkanes) is 4. The maximum atomic E-state index is 13.0. The Hall–Kier alpha value is -4.38. The minimum atomic E-state index is -0.771. The zero-order chi connectivity index (χ0) is 34.5. The number of fused-ring (bicyclic) bond motifs is 1. The van der Waals surface area contributed by atoms with Crippen LogP contribution >= 0.6 is 11.6 Å². The predicted molar refractivity (Wildman–Crippen MR) is 196 cm³/mol. The summed E-state index contributed by atoms with van der Waals surface area (Å²) < 4.78 is 0. The highest BCUT2D eigenvalue weighted by molar-refractivity contribution is 6.29. The molecule has 2 amide bonds. The number of rotatable bonds is 18. The van der Waals surface area contributed by atoms with E-state index in [4.69, 9.17) is 28.8 Å². The number of amidine groups is 1. The molecule has 1 aromatic heterocycles. The van der Waals surface area contributed by atoms with Crippen LogP contribution in [0.3, 0.4) is 0 Å². The van der Waals surface area contributed by atoms with Gasteiger partial charge >= 0.3 is 0 Å². The first-order valence-corrected chi connectivity index (χ1v) is 16.9. The van der Waals surface area contributed by atoms with E-state index in [0.29, 0.717) is 13.0 Å². The van der Waals surface area contributed by atoms with E-state index < -0.39 is 11.9 Å². The summed E-state index contributed by atoms with van der Waals surface area (Å²) in [4.78, 5) is 39.3. The summed E-state index contributed by atoms with van der Waals surface area (Å²) >= 11 is 5.83. The number of amides is 2. The van der Waals surface area contributed by atoms with Gasteiger partial charge < -0.3 is 27.4 Å². The second-order valence-electron chi connectivity index (χ2n) is 12.4. The van der Waals surface area contributed by atoms with E-state index in [9.17, 15) is 9.59 Å². The summed E-state index contributed by atoms with van der Waals surface area (Å²) in [6, 6.07) is 19.8. The summed E-state index contributed by atoms with van der Waals surface area (Å²) in [5, 5.41) is 5.27. The normalized spacial score (nSPS) is 12.4. The monoisotopic (exact) mass is 670 g/mol. The van der Waals surface area contributed by atoms with Crippen molar-refractivity contribution in [2.75, 3.05) is 32.5 Å². The van der Waals surface area contributed by atoms with E-state index in [1.165, 1.54) is 43.0 Å². The van der Waals surface area contributed by atoms with E-state index in [2.05, 4.69) is 75.7 Å². The standard InChI is InChI=1S/C37H47ClN8O2/c1-46(2)22-10-4-3-5-11-25-15-19-28(20-16-25)44-37(48)31(39)23-27-18-17-26(29-13-6-7-14-30(27)29)12-8-9-21-42-35(40)33-34(36(41)47)45-32(38)24-43-33/h6-7,13-20,24,31H,3-5,8-12,21-23,39H2,1-2H3,(H2,40,42)(H2,41,47)(H,44,48). The highest BCUT2D eigenvalue weighted by Gasteiger charge is 2.18. The minimum absolute atomic E-state index is 0.0530. The van der Waals surface area contributed by atoms with Crippen LogP contribution < -0.4 is 22.5 Å². The number of carbonyl (C=O) groups is 2. The second-order valence-corrected chi connectivity index (χ2v) is 12.8. The number of nitrogens with one attached hydrogen (secondary N) is 1. The second kappa shape index (κ2) is 18.2. The van der Waals surface area contributed by atoms with E-state index in [1.807, 2.05) is 24.3 Å². The van der Waals surface area contributed by atoms with Crippen molar-refractivity contribution < 1.29 is 9.59 Å². The molecule has 0 saturated heterocycles. The number of aliphatic imine (C=N–C) groups is 1. The van der Waals surface area contributed by atoms with Crippen LogP contribution in [-0.2, 0) is 24.1 Å². The topological polar surface area (TPSA) is 166 Å². The Morgan fingerprint density at radius 3 is 2.23 bits per heavy atom. The zero-order valence-corrected chi connectivity index (χ0v) is 28.7. The number of carbonyl (C=O) groups excluding carboxylic acids is 2. The van der Waals surface area contributed by atoms with Gasteiger partial charge in [0.2, 0.25) is 5.91 Å². The maximum Gasteiger partial charge on any atom is 0.269 e. The van der Waals surface area contributed by atoms with Crippen LogP contribution in [0, 0.1) is 0 Å². The van der Waals surface area contributed by atoms with Crippen molar-refractivity contribution in [2.24, 2.45) is 22.2 Å². The van der Waals surface area contributed by atoms with Crippen LogP contribution in [-0.4, -0.2) is 65.7 Å². The summed E-state index contributed by atoms with van der Waals surface area (Å²) in [5.41, 5.74) is 22.2. The highest BCUT2D eigenvalue weighted by Crippen LogP contribution is 2.25. The predicted octanol–water partition coefficient (Wildman–Crippen LogP) is 5.28. The molecule has 0 aliphatic rings. The molecule has 11 heteroatoms. The number of anilines is 1. The van der Waals surface area contributed by atoms with Gasteiger partial charge in [-0.1, -0.05) is 73.0 Å². The van der Waals surface area contributed by atoms with Gasteiger partial charge in [-0.25, -0.2) is 9.97 Å². The lowest BCUT2D eigenvalue weighted by Gasteiger charge is -2.16. The van der Waals surface area contributed by atoms with Crippen LogP contribution in [0.5, 0.6) is 0 Å². The fourth-order valence-corrected chi connectivity index (χ4v) is 5.81. The SMILES string of the molecule is CN(C)CCCCCCc1ccc(NC(=O)C(N)Cc2ccc(CCCCN=C(N)c3ncc(Cl)nc3C(N)=O)c3ccccc23)cc1. The molecule has 0 saturated carbocycles. The number of nitrogens with two attached hydrogens (primary N) is 3. The van der Waals surface area contributed by atoms with Gasteiger partial charge in [-0.2, -0.15) is 0 Å². The number of nitrogens with zero attached hydrogens (tertiary/aromatic N) is 4. The Bertz CT molecular complexity index is 1710. The smallest absolute Gasteiger partial charge is 0.269 e. The third-order valence-electron chi connectivity index (χ3n) is 8.28. The lowest BCUT2D eigenvalue weighted by molar-refractivity contribution is -0.117. The number of hydrogen-bond donors (Lipinski definition) is 4. The lowest BCUT2D eigenvalue weighted by atomic mass is 9.93. The van der Waals surface area contributed by atoms with Crippen LogP contribution in [0.15, 0.2) is 71.9 Å². The summed E-state index contributed by atoms with van der Waals surface area (Å²) in [5.74, 6) is -0.881. The molecule has 48 heavy (non-hydrogen) atoms. The molecule has 4 rings (SSSR count).